The monoisotopic (exact) mass is 240 g/mol. The molecule has 0 unspecified atom stereocenters. The number of hydrogen-bond donors (Lipinski definition) is 1. The fourth-order valence-electron chi connectivity index (χ4n) is 2.15. The van der Waals surface area contributed by atoms with Crippen molar-refractivity contribution >= 4 is 11.4 Å². The van der Waals surface area contributed by atoms with Crippen molar-refractivity contribution in [1.29, 1.82) is 0 Å². The van der Waals surface area contributed by atoms with Crippen LogP contribution in [0.4, 0.5) is 11.4 Å². The summed E-state index contributed by atoms with van der Waals surface area (Å²) in [6, 6.07) is 14.5. The van der Waals surface area contributed by atoms with Gasteiger partial charge in [0.2, 0.25) is 0 Å². The van der Waals surface area contributed by atoms with Gasteiger partial charge in [0, 0.05) is 13.6 Å². The summed E-state index contributed by atoms with van der Waals surface area (Å²) in [5.74, 6) is 0. The van der Waals surface area contributed by atoms with Gasteiger partial charge in [-0.15, -0.1) is 0 Å². The van der Waals surface area contributed by atoms with Crippen molar-refractivity contribution in [2.45, 2.75) is 20.4 Å². The average molecular weight is 240 g/mol. The first-order valence-corrected chi connectivity index (χ1v) is 6.19. The zero-order valence-corrected chi connectivity index (χ0v) is 11.3. The zero-order chi connectivity index (χ0) is 13.1. The van der Waals surface area contributed by atoms with Crippen molar-refractivity contribution in [2.75, 3.05) is 17.7 Å². The van der Waals surface area contributed by atoms with Crippen LogP contribution in [-0.4, -0.2) is 7.05 Å². The summed E-state index contributed by atoms with van der Waals surface area (Å²) < 4.78 is 0. The molecule has 0 amide bonds. The SMILES string of the molecule is Cc1ccc(C)c(CN(C)c2ccccc2N)c1. The highest BCUT2D eigenvalue weighted by Gasteiger charge is 2.07. The number of hydrogen-bond acceptors (Lipinski definition) is 2. The van der Waals surface area contributed by atoms with E-state index >= 15 is 0 Å². The molecule has 2 aromatic rings. The summed E-state index contributed by atoms with van der Waals surface area (Å²) in [5.41, 5.74) is 11.9. The van der Waals surface area contributed by atoms with Crippen molar-refractivity contribution in [2.24, 2.45) is 0 Å². The molecule has 0 radical (unpaired) electrons. The highest BCUT2D eigenvalue weighted by molar-refractivity contribution is 5.67. The standard InChI is InChI=1S/C16H20N2/c1-12-8-9-13(2)14(10-12)11-18(3)16-7-5-4-6-15(16)17/h4-10H,11,17H2,1-3H3. The summed E-state index contributed by atoms with van der Waals surface area (Å²) in [7, 11) is 2.08. The molecule has 2 aromatic carbocycles. The lowest BCUT2D eigenvalue weighted by Gasteiger charge is -2.22. The van der Waals surface area contributed by atoms with E-state index in [0.29, 0.717) is 0 Å². The number of benzene rings is 2. The number of para-hydroxylation sites is 2. The van der Waals surface area contributed by atoms with Gasteiger partial charge in [0.1, 0.15) is 0 Å². The Morgan fingerprint density at radius 2 is 1.78 bits per heavy atom. The number of aryl methyl sites for hydroxylation is 2. The molecule has 0 aliphatic heterocycles. The largest absolute Gasteiger partial charge is 0.397 e. The van der Waals surface area contributed by atoms with E-state index < -0.39 is 0 Å². The predicted molar refractivity (Wildman–Crippen MR) is 78.9 cm³/mol. The molecule has 2 nitrogen and oxygen atoms in total. The Hall–Kier alpha value is -1.96. The average Bonchev–Trinajstić information content (AvgIpc) is 2.34. The van der Waals surface area contributed by atoms with Crippen molar-refractivity contribution in [3.05, 3.63) is 59.2 Å². The lowest BCUT2D eigenvalue weighted by Crippen LogP contribution is -2.18. The molecule has 0 spiro atoms. The van der Waals surface area contributed by atoms with E-state index in [1.165, 1.54) is 16.7 Å². The Morgan fingerprint density at radius 1 is 1.06 bits per heavy atom. The molecule has 2 rings (SSSR count). The van der Waals surface area contributed by atoms with Gasteiger partial charge >= 0.3 is 0 Å². The van der Waals surface area contributed by atoms with Crippen LogP contribution in [0.3, 0.4) is 0 Å². The summed E-state index contributed by atoms with van der Waals surface area (Å²) >= 11 is 0. The molecule has 0 aromatic heterocycles. The molecular weight excluding hydrogens is 220 g/mol. The minimum Gasteiger partial charge on any atom is -0.397 e. The molecule has 2 heteroatoms. The number of rotatable bonds is 3. The molecule has 0 aliphatic carbocycles. The van der Waals surface area contributed by atoms with Gasteiger partial charge in [-0.3, -0.25) is 0 Å². The second-order valence-corrected chi connectivity index (χ2v) is 4.84. The van der Waals surface area contributed by atoms with Crippen LogP contribution in [0.5, 0.6) is 0 Å². The van der Waals surface area contributed by atoms with E-state index in [9.17, 15) is 0 Å². The second kappa shape index (κ2) is 5.13. The summed E-state index contributed by atoms with van der Waals surface area (Å²) in [5, 5.41) is 0. The Morgan fingerprint density at radius 3 is 2.50 bits per heavy atom. The lowest BCUT2D eigenvalue weighted by molar-refractivity contribution is 0.914. The van der Waals surface area contributed by atoms with Gasteiger partial charge in [-0.25, -0.2) is 0 Å². The molecule has 0 fully saturated rings. The number of anilines is 2. The van der Waals surface area contributed by atoms with Crippen LogP contribution in [0.1, 0.15) is 16.7 Å². The van der Waals surface area contributed by atoms with Gasteiger partial charge in [0.15, 0.2) is 0 Å². The van der Waals surface area contributed by atoms with Crippen molar-refractivity contribution in [3.63, 3.8) is 0 Å². The van der Waals surface area contributed by atoms with E-state index in [1.54, 1.807) is 0 Å². The molecule has 0 bridgehead atoms. The third-order valence-corrected chi connectivity index (χ3v) is 3.26. The van der Waals surface area contributed by atoms with Gasteiger partial charge in [0.25, 0.3) is 0 Å². The molecule has 0 saturated carbocycles. The third kappa shape index (κ3) is 2.65. The van der Waals surface area contributed by atoms with E-state index in [2.05, 4.69) is 50.1 Å². The van der Waals surface area contributed by atoms with Gasteiger partial charge in [-0.05, 0) is 37.1 Å². The van der Waals surface area contributed by atoms with E-state index in [1.807, 2.05) is 18.2 Å². The van der Waals surface area contributed by atoms with E-state index in [-0.39, 0.29) is 0 Å². The van der Waals surface area contributed by atoms with E-state index in [4.69, 9.17) is 5.73 Å². The van der Waals surface area contributed by atoms with Crippen LogP contribution < -0.4 is 10.6 Å². The maximum absolute atomic E-state index is 6.00. The summed E-state index contributed by atoms with van der Waals surface area (Å²) in [4.78, 5) is 2.19. The van der Waals surface area contributed by atoms with Crippen molar-refractivity contribution in [1.82, 2.24) is 0 Å². The smallest absolute Gasteiger partial charge is 0.0600 e. The Balaban J connectivity index is 2.24. The molecule has 0 atom stereocenters. The first-order chi connectivity index (χ1) is 8.58. The van der Waals surface area contributed by atoms with E-state index in [0.717, 1.165) is 17.9 Å². The fourth-order valence-corrected chi connectivity index (χ4v) is 2.15. The molecular formula is C16H20N2. The molecule has 94 valence electrons. The van der Waals surface area contributed by atoms with Crippen LogP contribution >= 0.6 is 0 Å². The first kappa shape index (κ1) is 12.5. The highest BCUT2D eigenvalue weighted by Crippen LogP contribution is 2.23. The van der Waals surface area contributed by atoms with Gasteiger partial charge in [-0.1, -0.05) is 35.9 Å². The fraction of sp³-hybridized carbons (Fsp3) is 0.250. The normalized spacial score (nSPS) is 10.4. The minimum atomic E-state index is 0.824. The Labute approximate surface area is 109 Å². The number of nitrogens with zero attached hydrogens (tertiary/aromatic N) is 1. The number of nitrogen functional groups attached to an aromatic ring is 1. The molecule has 2 N–H and O–H groups in total. The van der Waals surface area contributed by atoms with Crippen molar-refractivity contribution in [3.8, 4) is 0 Å². The van der Waals surface area contributed by atoms with Crippen LogP contribution in [0, 0.1) is 13.8 Å². The van der Waals surface area contributed by atoms with Crippen LogP contribution in [0.15, 0.2) is 42.5 Å². The quantitative estimate of drug-likeness (QED) is 0.832. The zero-order valence-electron chi connectivity index (χ0n) is 11.3. The first-order valence-electron chi connectivity index (χ1n) is 6.19. The Bertz CT molecular complexity index is 547. The number of nitrogens with two attached hydrogens (primary N) is 1. The third-order valence-electron chi connectivity index (χ3n) is 3.26. The second-order valence-electron chi connectivity index (χ2n) is 4.84. The molecule has 0 aliphatic rings. The summed E-state index contributed by atoms with van der Waals surface area (Å²) in [6.45, 7) is 5.15. The van der Waals surface area contributed by atoms with Gasteiger partial charge < -0.3 is 10.6 Å². The molecule has 0 heterocycles. The van der Waals surface area contributed by atoms with Crippen LogP contribution in [-0.2, 0) is 6.54 Å². The van der Waals surface area contributed by atoms with Crippen LogP contribution in [0.25, 0.3) is 0 Å². The van der Waals surface area contributed by atoms with Crippen molar-refractivity contribution < 1.29 is 0 Å². The summed E-state index contributed by atoms with van der Waals surface area (Å²) in [6.07, 6.45) is 0. The maximum atomic E-state index is 6.00. The van der Waals surface area contributed by atoms with Gasteiger partial charge in [0.05, 0.1) is 11.4 Å². The predicted octanol–water partition coefficient (Wildman–Crippen LogP) is 3.52. The molecule has 0 saturated heterocycles. The van der Waals surface area contributed by atoms with Gasteiger partial charge in [-0.2, -0.15) is 0 Å². The maximum Gasteiger partial charge on any atom is 0.0600 e. The minimum absolute atomic E-state index is 0.824. The Kier molecular flexibility index (Phi) is 3.56. The topological polar surface area (TPSA) is 29.3 Å². The molecule has 18 heavy (non-hydrogen) atoms. The highest BCUT2D eigenvalue weighted by atomic mass is 15.1. The van der Waals surface area contributed by atoms with Crippen LogP contribution in [0.2, 0.25) is 0 Å². The lowest BCUT2D eigenvalue weighted by atomic mass is 10.1.